The molecule has 1 amide bonds. The van der Waals surface area contributed by atoms with Crippen LogP contribution in [0.1, 0.15) is 26.2 Å². The van der Waals surface area contributed by atoms with E-state index >= 15 is 0 Å². The molecule has 28 heavy (non-hydrogen) atoms. The van der Waals surface area contributed by atoms with Gasteiger partial charge in [0.2, 0.25) is 5.91 Å². The first kappa shape index (κ1) is 24.4. The molecule has 1 fully saturated rings. The molecule has 0 aromatic heterocycles. The zero-order valence-corrected chi connectivity index (χ0v) is 18.7. The third-order valence-corrected chi connectivity index (χ3v) is 4.51. The SMILES string of the molecule is CCNC(=NCCOc1ccc(F)c(F)c1)N1CCC(CC(=O)NC)CC1.I. The quantitative estimate of drug-likeness (QED) is 0.256. The Morgan fingerprint density at radius 1 is 1.29 bits per heavy atom. The number of carbonyl (C=O) groups excluding carboxylic acids is 1. The first-order valence-electron chi connectivity index (χ1n) is 9.35. The van der Waals surface area contributed by atoms with E-state index in [1.807, 2.05) is 6.92 Å². The van der Waals surface area contributed by atoms with Crippen LogP contribution in [0.5, 0.6) is 5.75 Å². The molecule has 9 heteroatoms. The lowest BCUT2D eigenvalue weighted by Crippen LogP contribution is -2.46. The van der Waals surface area contributed by atoms with Gasteiger partial charge >= 0.3 is 0 Å². The average Bonchev–Trinajstić information content (AvgIpc) is 2.67. The minimum atomic E-state index is -0.927. The summed E-state index contributed by atoms with van der Waals surface area (Å²) in [6, 6.07) is 3.47. The monoisotopic (exact) mass is 510 g/mol. The summed E-state index contributed by atoms with van der Waals surface area (Å²) in [4.78, 5) is 18.2. The molecule has 2 N–H and O–H groups in total. The largest absolute Gasteiger partial charge is 0.492 e. The molecule has 1 aromatic rings. The van der Waals surface area contributed by atoms with Crippen LogP contribution in [0.2, 0.25) is 0 Å². The third kappa shape index (κ3) is 7.76. The highest BCUT2D eigenvalue weighted by atomic mass is 127. The number of likely N-dealkylation sites (tertiary alicyclic amines) is 1. The smallest absolute Gasteiger partial charge is 0.220 e. The maximum atomic E-state index is 13.2. The van der Waals surface area contributed by atoms with Crippen molar-refractivity contribution in [3.8, 4) is 5.75 Å². The van der Waals surface area contributed by atoms with Gasteiger partial charge in [-0.2, -0.15) is 0 Å². The van der Waals surface area contributed by atoms with Crippen molar-refractivity contribution >= 4 is 35.8 Å². The van der Waals surface area contributed by atoms with Crippen LogP contribution in [-0.4, -0.2) is 56.6 Å². The van der Waals surface area contributed by atoms with E-state index in [-0.39, 0.29) is 42.2 Å². The number of halogens is 3. The van der Waals surface area contributed by atoms with E-state index in [4.69, 9.17) is 4.74 Å². The predicted octanol–water partition coefficient (Wildman–Crippen LogP) is 2.78. The molecular formula is C19H29F2IN4O2. The van der Waals surface area contributed by atoms with Gasteiger partial charge in [-0.3, -0.25) is 4.79 Å². The Labute approximate surface area is 182 Å². The number of hydrogen-bond donors (Lipinski definition) is 2. The van der Waals surface area contributed by atoms with Crippen molar-refractivity contribution in [2.45, 2.75) is 26.2 Å². The summed E-state index contributed by atoms with van der Waals surface area (Å²) in [7, 11) is 1.66. The van der Waals surface area contributed by atoms with Gasteiger partial charge in [-0.25, -0.2) is 13.8 Å². The molecule has 1 saturated heterocycles. The predicted molar refractivity (Wildman–Crippen MR) is 116 cm³/mol. The van der Waals surface area contributed by atoms with E-state index in [0.29, 0.717) is 18.9 Å². The van der Waals surface area contributed by atoms with E-state index in [1.165, 1.54) is 6.07 Å². The lowest BCUT2D eigenvalue weighted by molar-refractivity contribution is -0.121. The number of piperidine rings is 1. The van der Waals surface area contributed by atoms with Crippen LogP contribution in [0.3, 0.4) is 0 Å². The molecular weight excluding hydrogens is 481 g/mol. The summed E-state index contributed by atoms with van der Waals surface area (Å²) < 4.78 is 31.5. The standard InChI is InChI=1S/C19H28F2N4O2.HI/c1-3-23-19(25-9-6-14(7-10-25)12-18(26)22-2)24-8-11-27-15-4-5-16(20)17(21)13-15;/h4-5,13-14H,3,6-12H2,1-2H3,(H,22,26)(H,23,24);1H. The van der Waals surface area contributed by atoms with Crippen molar-refractivity contribution in [1.29, 1.82) is 0 Å². The highest BCUT2D eigenvalue weighted by Gasteiger charge is 2.22. The summed E-state index contributed by atoms with van der Waals surface area (Å²) in [6.45, 7) is 5.12. The first-order valence-corrected chi connectivity index (χ1v) is 9.35. The van der Waals surface area contributed by atoms with E-state index < -0.39 is 11.6 Å². The van der Waals surface area contributed by atoms with Crippen molar-refractivity contribution in [2.75, 3.05) is 39.8 Å². The van der Waals surface area contributed by atoms with Gasteiger partial charge in [-0.05, 0) is 37.8 Å². The van der Waals surface area contributed by atoms with Crippen LogP contribution in [0, 0.1) is 17.6 Å². The summed E-state index contributed by atoms with van der Waals surface area (Å²) in [5.74, 6) is -0.239. The zero-order valence-electron chi connectivity index (χ0n) is 16.3. The van der Waals surface area contributed by atoms with Crippen molar-refractivity contribution in [3.05, 3.63) is 29.8 Å². The number of benzene rings is 1. The number of ether oxygens (including phenoxy) is 1. The van der Waals surface area contributed by atoms with Crippen LogP contribution < -0.4 is 15.4 Å². The number of nitrogens with zero attached hydrogens (tertiary/aromatic N) is 2. The second-order valence-electron chi connectivity index (χ2n) is 6.47. The molecule has 0 radical (unpaired) electrons. The van der Waals surface area contributed by atoms with Crippen molar-refractivity contribution in [3.63, 3.8) is 0 Å². The minimum absolute atomic E-state index is 0. The summed E-state index contributed by atoms with van der Waals surface area (Å²) in [6.07, 6.45) is 2.46. The van der Waals surface area contributed by atoms with Crippen LogP contribution >= 0.6 is 24.0 Å². The van der Waals surface area contributed by atoms with Crippen molar-refractivity contribution in [1.82, 2.24) is 15.5 Å². The van der Waals surface area contributed by atoms with E-state index in [1.54, 1.807) is 7.05 Å². The van der Waals surface area contributed by atoms with E-state index in [2.05, 4.69) is 20.5 Å². The van der Waals surface area contributed by atoms with Gasteiger partial charge < -0.3 is 20.3 Å². The number of amides is 1. The zero-order chi connectivity index (χ0) is 19.6. The maximum Gasteiger partial charge on any atom is 0.220 e. The Kier molecular flexibility index (Phi) is 11.1. The molecule has 0 atom stereocenters. The van der Waals surface area contributed by atoms with Gasteiger partial charge in [-0.15, -0.1) is 24.0 Å². The Hall–Kier alpha value is -1.65. The molecule has 6 nitrogen and oxygen atoms in total. The number of nitrogens with one attached hydrogen (secondary N) is 2. The maximum absolute atomic E-state index is 13.2. The topological polar surface area (TPSA) is 66.0 Å². The van der Waals surface area contributed by atoms with Crippen LogP contribution in [0.15, 0.2) is 23.2 Å². The molecule has 1 aromatic carbocycles. The fraction of sp³-hybridized carbons (Fsp3) is 0.579. The average molecular weight is 510 g/mol. The number of carbonyl (C=O) groups is 1. The lowest BCUT2D eigenvalue weighted by Gasteiger charge is -2.34. The van der Waals surface area contributed by atoms with Crippen molar-refractivity contribution in [2.24, 2.45) is 10.9 Å². The fourth-order valence-corrected chi connectivity index (χ4v) is 3.02. The molecule has 2 rings (SSSR count). The lowest BCUT2D eigenvalue weighted by atomic mass is 9.93. The van der Waals surface area contributed by atoms with Crippen LogP contribution in [0.4, 0.5) is 8.78 Å². The third-order valence-electron chi connectivity index (χ3n) is 4.51. The van der Waals surface area contributed by atoms with Gasteiger partial charge in [-0.1, -0.05) is 0 Å². The summed E-state index contributed by atoms with van der Waals surface area (Å²) in [5, 5.41) is 5.94. The molecule has 1 aliphatic rings. The molecule has 1 aliphatic heterocycles. The van der Waals surface area contributed by atoms with Gasteiger partial charge in [0.15, 0.2) is 17.6 Å². The van der Waals surface area contributed by atoms with Gasteiger partial charge in [0, 0.05) is 39.2 Å². The Bertz CT molecular complexity index is 653. The molecule has 0 spiro atoms. The Morgan fingerprint density at radius 3 is 2.61 bits per heavy atom. The van der Waals surface area contributed by atoms with E-state index in [0.717, 1.165) is 50.6 Å². The first-order chi connectivity index (χ1) is 13.0. The molecule has 0 unspecified atom stereocenters. The van der Waals surface area contributed by atoms with Crippen LogP contribution in [0.25, 0.3) is 0 Å². The van der Waals surface area contributed by atoms with Crippen molar-refractivity contribution < 1.29 is 18.3 Å². The highest BCUT2D eigenvalue weighted by Crippen LogP contribution is 2.20. The second kappa shape index (κ2) is 12.7. The molecule has 1 heterocycles. The second-order valence-corrected chi connectivity index (χ2v) is 6.47. The Morgan fingerprint density at radius 2 is 2.00 bits per heavy atom. The number of hydrogen-bond acceptors (Lipinski definition) is 3. The van der Waals surface area contributed by atoms with Gasteiger partial charge in [0.1, 0.15) is 12.4 Å². The number of aliphatic imine (C=N–C) groups is 1. The minimum Gasteiger partial charge on any atom is -0.492 e. The molecule has 0 aliphatic carbocycles. The molecule has 0 bridgehead atoms. The van der Waals surface area contributed by atoms with Crippen LogP contribution in [-0.2, 0) is 4.79 Å². The Balaban J connectivity index is 0.00000392. The summed E-state index contributed by atoms with van der Waals surface area (Å²) >= 11 is 0. The molecule has 158 valence electrons. The number of rotatable bonds is 7. The van der Waals surface area contributed by atoms with Gasteiger partial charge in [0.05, 0.1) is 6.54 Å². The molecule has 0 saturated carbocycles. The normalized spacial score (nSPS) is 15.0. The van der Waals surface area contributed by atoms with E-state index in [9.17, 15) is 13.6 Å². The summed E-state index contributed by atoms with van der Waals surface area (Å²) in [5.41, 5.74) is 0. The fourth-order valence-electron chi connectivity index (χ4n) is 3.02. The number of guanidine groups is 1. The highest BCUT2D eigenvalue weighted by molar-refractivity contribution is 14.0. The van der Waals surface area contributed by atoms with Gasteiger partial charge in [0.25, 0.3) is 0 Å².